The zero-order valence-corrected chi connectivity index (χ0v) is 11.4. The molecule has 2 nitrogen and oxygen atoms in total. The molecule has 0 saturated carbocycles. The van der Waals surface area contributed by atoms with Gasteiger partial charge in [-0.3, -0.25) is 4.79 Å². The van der Waals surface area contributed by atoms with Gasteiger partial charge in [0.05, 0.1) is 0 Å². The van der Waals surface area contributed by atoms with Crippen molar-refractivity contribution >= 4 is 16.8 Å². The van der Waals surface area contributed by atoms with Crippen LogP contribution in [0.4, 0.5) is 0 Å². The number of hydrogen-bond donors (Lipinski definition) is 0. The molecule has 0 saturated heterocycles. The quantitative estimate of drug-likeness (QED) is 0.394. The Labute approximate surface area is 114 Å². The second kappa shape index (κ2) is 6.37. The molecule has 0 amide bonds. The zero-order valence-electron chi connectivity index (χ0n) is 11.4. The first kappa shape index (κ1) is 13.6. The Morgan fingerprint density at radius 3 is 2.89 bits per heavy atom. The van der Waals surface area contributed by atoms with Gasteiger partial charge in [0.1, 0.15) is 5.58 Å². The summed E-state index contributed by atoms with van der Waals surface area (Å²) in [6, 6.07) is 7.81. The number of unbranched alkanes of at least 4 members (excludes halogenated alkanes) is 3. The molecule has 0 bridgehead atoms. The highest BCUT2D eigenvalue weighted by Gasteiger charge is 2.11. The summed E-state index contributed by atoms with van der Waals surface area (Å²) in [7, 11) is 0. The SMILES string of the molecule is C=CCCCCCC(=O)c1cc2cc(C)ccc2o1. The fourth-order valence-electron chi connectivity index (χ4n) is 2.17. The third-order valence-corrected chi connectivity index (χ3v) is 3.26. The normalized spacial score (nSPS) is 10.8. The maximum absolute atomic E-state index is 12.0. The minimum absolute atomic E-state index is 0.104. The zero-order chi connectivity index (χ0) is 13.7. The Kier molecular flexibility index (Phi) is 4.56. The summed E-state index contributed by atoms with van der Waals surface area (Å²) in [6.45, 7) is 5.73. The van der Waals surface area contributed by atoms with Gasteiger partial charge in [-0.2, -0.15) is 0 Å². The summed E-state index contributed by atoms with van der Waals surface area (Å²) in [4.78, 5) is 12.0. The molecule has 2 rings (SSSR count). The van der Waals surface area contributed by atoms with E-state index in [2.05, 4.69) is 6.58 Å². The van der Waals surface area contributed by atoms with Crippen LogP contribution in [0.2, 0.25) is 0 Å². The minimum Gasteiger partial charge on any atom is -0.453 e. The Bertz CT molecular complexity index is 578. The van der Waals surface area contributed by atoms with Crippen LogP contribution < -0.4 is 0 Å². The van der Waals surface area contributed by atoms with E-state index < -0.39 is 0 Å². The van der Waals surface area contributed by atoms with Crippen LogP contribution in [0.3, 0.4) is 0 Å². The van der Waals surface area contributed by atoms with Crippen LogP contribution in [-0.2, 0) is 0 Å². The van der Waals surface area contributed by atoms with E-state index in [1.54, 1.807) is 0 Å². The maximum atomic E-state index is 12.0. The van der Waals surface area contributed by atoms with Gasteiger partial charge in [0.15, 0.2) is 11.5 Å². The lowest BCUT2D eigenvalue weighted by molar-refractivity contribution is 0.0954. The van der Waals surface area contributed by atoms with E-state index in [-0.39, 0.29) is 5.78 Å². The lowest BCUT2D eigenvalue weighted by atomic mass is 10.1. The Hall–Kier alpha value is -1.83. The number of Topliss-reactive ketones (excluding diaryl/α,β-unsaturated/α-hetero) is 1. The number of aryl methyl sites for hydroxylation is 1. The van der Waals surface area contributed by atoms with Gasteiger partial charge in [-0.15, -0.1) is 6.58 Å². The molecule has 0 radical (unpaired) electrons. The molecule has 1 aromatic heterocycles. The van der Waals surface area contributed by atoms with Crippen molar-refractivity contribution in [2.75, 3.05) is 0 Å². The molecular weight excluding hydrogens is 236 g/mol. The standard InChI is InChI=1S/C17H20O2/c1-3-4-5-6-7-8-15(18)17-12-14-11-13(2)9-10-16(14)19-17/h3,9-12H,1,4-8H2,2H3. The fourth-order valence-corrected chi connectivity index (χ4v) is 2.17. The largest absolute Gasteiger partial charge is 0.453 e. The van der Waals surface area contributed by atoms with Gasteiger partial charge < -0.3 is 4.42 Å². The third-order valence-electron chi connectivity index (χ3n) is 3.26. The second-order valence-corrected chi connectivity index (χ2v) is 4.96. The van der Waals surface area contributed by atoms with E-state index in [1.165, 1.54) is 5.56 Å². The lowest BCUT2D eigenvalue weighted by Crippen LogP contribution is -1.96. The van der Waals surface area contributed by atoms with E-state index in [1.807, 2.05) is 37.3 Å². The van der Waals surface area contributed by atoms with Gasteiger partial charge in [0.2, 0.25) is 0 Å². The third kappa shape index (κ3) is 3.57. The fraction of sp³-hybridized carbons (Fsp3) is 0.353. The van der Waals surface area contributed by atoms with Crippen LogP contribution in [0.15, 0.2) is 41.3 Å². The highest BCUT2D eigenvalue weighted by atomic mass is 16.3. The maximum Gasteiger partial charge on any atom is 0.198 e. The predicted octanol–water partition coefficient (Wildman–Crippen LogP) is 5.06. The Morgan fingerprint density at radius 1 is 1.26 bits per heavy atom. The average molecular weight is 256 g/mol. The highest BCUT2D eigenvalue weighted by Crippen LogP contribution is 2.22. The van der Waals surface area contributed by atoms with Crippen LogP contribution in [0.1, 0.15) is 48.2 Å². The van der Waals surface area contributed by atoms with E-state index in [4.69, 9.17) is 4.42 Å². The van der Waals surface area contributed by atoms with E-state index >= 15 is 0 Å². The molecule has 19 heavy (non-hydrogen) atoms. The molecule has 2 aromatic rings. The van der Waals surface area contributed by atoms with Gasteiger partial charge in [-0.05, 0) is 44.4 Å². The van der Waals surface area contributed by atoms with Crippen molar-refractivity contribution in [1.29, 1.82) is 0 Å². The van der Waals surface area contributed by atoms with Gasteiger partial charge in [-0.25, -0.2) is 0 Å². The van der Waals surface area contributed by atoms with Crippen molar-refractivity contribution in [2.24, 2.45) is 0 Å². The number of furan rings is 1. The molecule has 0 fully saturated rings. The number of ketones is 1. The van der Waals surface area contributed by atoms with Crippen molar-refractivity contribution in [3.63, 3.8) is 0 Å². The molecule has 0 aliphatic heterocycles. The molecule has 100 valence electrons. The second-order valence-electron chi connectivity index (χ2n) is 4.96. The molecule has 0 atom stereocenters. The molecule has 0 unspecified atom stereocenters. The van der Waals surface area contributed by atoms with E-state index in [9.17, 15) is 4.79 Å². The number of fused-ring (bicyclic) bond motifs is 1. The van der Waals surface area contributed by atoms with Gasteiger partial charge in [0.25, 0.3) is 0 Å². The van der Waals surface area contributed by atoms with Crippen molar-refractivity contribution in [1.82, 2.24) is 0 Å². The number of allylic oxidation sites excluding steroid dienone is 1. The molecule has 1 heterocycles. The lowest BCUT2D eigenvalue weighted by Gasteiger charge is -1.97. The molecule has 1 aromatic carbocycles. The first-order valence-electron chi connectivity index (χ1n) is 6.85. The van der Waals surface area contributed by atoms with Crippen molar-refractivity contribution < 1.29 is 9.21 Å². The van der Waals surface area contributed by atoms with Crippen LogP contribution in [0.25, 0.3) is 11.0 Å². The number of hydrogen-bond acceptors (Lipinski definition) is 2. The van der Waals surface area contributed by atoms with E-state index in [0.717, 1.165) is 36.7 Å². The van der Waals surface area contributed by atoms with Crippen molar-refractivity contribution in [3.05, 3.63) is 48.2 Å². The summed E-state index contributed by atoms with van der Waals surface area (Å²) in [5.74, 6) is 0.594. The van der Waals surface area contributed by atoms with Crippen LogP contribution >= 0.6 is 0 Å². The summed E-state index contributed by atoms with van der Waals surface area (Å²) in [5, 5.41) is 1.01. The Balaban J connectivity index is 1.95. The Morgan fingerprint density at radius 2 is 2.11 bits per heavy atom. The summed E-state index contributed by atoms with van der Waals surface area (Å²) >= 11 is 0. The van der Waals surface area contributed by atoms with E-state index in [0.29, 0.717) is 12.2 Å². The number of benzene rings is 1. The number of rotatable bonds is 7. The molecule has 0 N–H and O–H groups in total. The van der Waals surface area contributed by atoms with Gasteiger partial charge in [-0.1, -0.05) is 24.1 Å². The topological polar surface area (TPSA) is 30.2 Å². The molecule has 0 spiro atoms. The molecule has 0 aliphatic carbocycles. The minimum atomic E-state index is 0.104. The van der Waals surface area contributed by atoms with Crippen LogP contribution in [0.5, 0.6) is 0 Å². The molecule has 2 heteroatoms. The number of carbonyl (C=O) groups excluding carboxylic acids is 1. The van der Waals surface area contributed by atoms with Crippen molar-refractivity contribution in [3.8, 4) is 0 Å². The number of carbonyl (C=O) groups is 1. The summed E-state index contributed by atoms with van der Waals surface area (Å²) < 4.78 is 5.60. The van der Waals surface area contributed by atoms with Crippen LogP contribution in [0, 0.1) is 6.92 Å². The summed E-state index contributed by atoms with van der Waals surface area (Å²) in [6.07, 6.45) is 6.60. The van der Waals surface area contributed by atoms with Crippen LogP contribution in [-0.4, -0.2) is 5.78 Å². The molecule has 0 aliphatic rings. The predicted molar refractivity (Wildman–Crippen MR) is 78.6 cm³/mol. The molecular formula is C17H20O2. The highest BCUT2D eigenvalue weighted by molar-refractivity contribution is 5.97. The van der Waals surface area contributed by atoms with Crippen molar-refractivity contribution in [2.45, 2.75) is 39.0 Å². The monoisotopic (exact) mass is 256 g/mol. The summed E-state index contributed by atoms with van der Waals surface area (Å²) in [5.41, 5.74) is 1.97. The van der Waals surface area contributed by atoms with Gasteiger partial charge >= 0.3 is 0 Å². The first-order valence-corrected chi connectivity index (χ1v) is 6.85. The van der Waals surface area contributed by atoms with Gasteiger partial charge in [0, 0.05) is 11.8 Å². The average Bonchev–Trinajstić information content (AvgIpc) is 2.81. The smallest absolute Gasteiger partial charge is 0.198 e. The first-order chi connectivity index (χ1) is 9.20.